The van der Waals surface area contributed by atoms with Crippen LogP contribution in [0.3, 0.4) is 0 Å². The Morgan fingerprint density at radius 3 is 2.75 bits per heavy atom. The fourth-order valence-electron chi connectivity index (χ4n) is 5.23. The first-order valence-corrected chi connectivity index (χ1v) is 14.2. The summed E-state index contributed by atoms with van der Waals surface area (Å²) in [6.07, 6.45) is 6.08. The quantitative estimate of drug-likeness (QED) is 0.399. The van der Waals surface area contributed by atoms with Gasteiger partial charge in [-0.2, -0.15) is 5.10 Å². The van der Waals surface area contributed by atoms with Gasteiger partial charge in [-0.3, -0.25) is 4.68 Å². The van der Waals surface area contributed by atoms with E-state index >= 15 is 0 Å². The maximum Gasteiger partial charge on any atom is 0.241 e. The van der Waals surface area contributed by atoms with Gasteiger partial charge < -0.3 is 9.64 Å². The second-order valence-electron chi connectivity index (χ2n) is 9.73. The molecule has 1 aliphatic carbocycles. The number of likely N-dealkylation sites (tertiary alicyclic amines) is 1. The Bertz CT molecular complexity index is 1340. The highest BCUT2D eigenvalue weighted by Crippen LogP contribution is 2.43. The van der Waals surface area contributed by atoms with Crippen molar-refractivity contribution in [3.63, 3.8) is 0 Å². The smallest absolute Gasteiger partial charge is 0.241 e. The molecule has 0 amide bonds. The largest absolute Gasteiger partial charge is 0.490 e. The van der Waals surface area contributed by atoms with Crippen molar-refractivity contribution in [3.05, 3.63) is 76.3 Å². The molecular weight excluding hydrogens is 503 g/mol. The number of halogens is 2. The van der Waals surface area contributed by atoms with Crippen LogP contribution in [-0.2, 0) is 29.4 Å². The van der Waals surface area contributed by atoms with E-state index in [1.54, 1.807) is 6.07 Å². The third kappa shape index (κ3) is 5.75. The molecule has 0 radical (unpaired) electrons. The summed E-state index contributed by atoms with van der Waals surface area (Å²) in [6, 6.07) is 11.5. The van der Waals surface area contributed by atoms with Crippen LogP contribution < -0.4 is 9.88 Å². The zero-order valence-corrected chi connectivity index (χ0v) is 21.5. The highest BCUT2D eigenvalue weighted by molar-refractivity contribution is 7.89. The average molecular weight is 533 g/mol. The van der Waals surface area contributed by atoms with E-state index in [4.69, 9.17) is 21.5 Å². The number of rotatable bonds is 10. The topological polar surface area (TPSA) is 90.5 Å². The molecule has 1 fully saturated rings. The molecule has 2 N–H and O–H groups in total. The molecule has 0 saturated carbocycles. The van der Waals surface area contributed by atoms with Crippen LogP contribution in [-0.4, -0.2) is 49.3 Å². The first-order valence-electron chi connectivity index (χ1n) is 12.2. The predicted molar refractivity (Wildman–Crippen MR) is 136 cm³/mol. The normalized spacial score (nSPS) is 19.8. The monoisotopic (exact) mass is 532 g/mol. The van der Waals surface area contributed by atoms with Gasteiger partial charge in [0.2, 0.25) is 10.0 Å². The maximum absolute atomic E-state index is 15.0. The summed E-state index contributed by atoms with van der Waals surface area (Å²) < 4.78 is 45.1. The lowest BCUT2D eigenvalue weighted by molar-refractivity contribution is 0.145. The molecule has 7 nitrogen and oxygen atoms in total. The van der Waals surface area contributed by atoms with Crippen molar-refractivity contribution in [3.8, 4) is 5.75 Å². The number of nitrogens with two attached hydrogens (primary N) is 1. The van der Waals surface area contributed by atoms with Crippen LogP contribution in [0.2, 0.25) is 5.02 Å². The predicted octanol–water partition coefficient (Wildman–Crippen LogP) is 4.00. The number of nitrogens with zero attached hydrogens (tertiary/aromatic N) is 3. The van der Waals surface area contributed by atoms with Gasteiger partial charge in [0, 0.05) is 30.7 Å². The van der Waals surface area contributed by atoms with Gasteiger partial charge in [0.05, 0.1) is 12.8 Å². The van der Waals surface area contributed by atoms with E-state index in [0.717, 1.165) is 48.6 Å². The summed E-state index contributed by atoms with van der Waals surface area (Å²) in [6.45, 7) is 3.98. The van der Waals surface area contributed by atoms with Crippen molar-refractivity contribution in [2.75, 3.05) is 26.2 Å². The zero-order chi connectivity index (χ0) is 25.3. The van der Waals surface area contributed by atoms with Gasteiger partial charge in [0.1, 0.15) is 4.90 Å². The van der Waals surface area contributed by atoms with Crippen molar-refractivity contribution in [1.82, 2.24) is 14.7 Å². The lowest BCUT2D eigenvalue weighted by Crippen LogP contribution is -2.41. The van der Waals surface area contributed by atoms with E-state index in [1.807, 2.05) is 24.3 Å². The summed E-state index contributed by atoms with van der Waals surface area (Å²) in [5.74, 6) is 0.583. The van der Waals surface area contributed by atoms with E-state index in [2.05, 4.69) is 16.1 Å². The molecule has 5 rings (SSSR count). The summed E-state index contributed by atoms with van der Waals surface area (Å²) in [5, 5.41) is 9.85. The summed E-state index contributed by atoms with van der Waals surface area (Å²) >= 11 is 6.25. The van der Waals surface area contributed by atoms with E-state index in [0.29, 0.717) is 18.9 Å². The number of hydrogen-bond acceptors (Lipinski definition) is 5. The molecule has 36 heavy (non-hydrogen) atoms. The van der Waals surface area contributed by atoms with E-state index in [1.165, 1.54) is 29.1 Å². The second-order valence-corrected chi connectivity index (χ2v) is 11.7. The molecule has 3 aromatic rings. The van der Waals surface area contributed by atoms with Crippen LogP contribution in [0.25, 0.3) is 0 Å². The first-order chi connectivity index (χ1) is 17.3. The minimum Gasteiger partial charge on any atom is -0.490 e. The van der Waals surface area contributed by atoms with Crippen molar-refractivity contribution in [1.29, 1.82) is 0 Å². The maximum atomic E-state index is 15.0. The van der Waals surface area contributed by atoms with Gasteiger partial charge in [0.25, 0.3) is 0 Å². The number of hydrogen-bond donors (Lipinski definition) is 1. The summed E-state index contributed by atoms with van der Waals surface area (Å²) in [7, 11) is -3.78. The molecule has 1 aromatic heterocycles. The van der Waals surface area contributed by atoms with E-state index < -0.39 is 10.0 Å². The third-order valence-corrected chi connectivity index (χ3v) is 8.26. The molecule has 2 heterocycles. The Hall–Kier alpha value is -2.46. The van der Waals surface area contributed by atoms with Crippen LogP contribution in [0.1, 0.15) is 35.4 Å². The van der Waals surface area contributed by atoms with Crippen LogP contribution in [0.4, 0.5) is 4.39 Å². The highest BCUT2D eigenvalue weighted by Gasteiger charge is 2.35. The van der Waals surface area contributed by atoms with Gasteiger partial charge in [-0.1, -0.05) is 23.7 Å². The van der Waals surface area contributed by atoms with Crippen LogP contribution in [0.5, 0.6) is 5.75 Å². The third-order valence-electron chi connectivity index (χ3n) is 7.16. The van der Waals surface area contributed by atoms with Crippen LogP contribution in [0.15, 0.2) is 53.7 Å². The molecule has 10 heteroatoms. The Kier molecular flexibility index (Phi) is 7.35. The molecular formula is C26H30ClFN4O3S. The molecule has 192 valence electrons. The second kappa shape index (κ2) is 10.5. The number of benzene rings is 2. The molecule has 2 atom stereocenters. The summed E-state index contributed by atoms with van der Waals surface area (Å²) in [4.78, 5) is 2.44. The minimum atomic E-state index is -3.78. The number of ether oxygens (including phenoxy) is 1. The van der Waals surface area contributed by atoms with Crippen molar-refractivity contribution >= 4 is 21.6 Å². The van der Waals surface area contributed by atoms with Gasteiger partial charge >= 0.3 is 0 Å². The fourth-order valence-corrected chi connectivity index (χ4v) is 5.90. The molecule has 2 aliphatic rings. The van der Waals surface area contributed by atoms with Gasteiger partial charge in [-0.25, -0.2) is 17.9 Å². The Labute approximate surface area is 216 Å². The van der Waals surface area contributed by atoms with E-state index in [9.17, 15) is 12.8 Å². The lowest BCUT2D eigenvalue weighted by Gasteiger charge is -2.35. The molecule has 2 aromatic carbocycles. The Morgan fingerprint density at radius 1 is 1.22 bits per heavy atom. The first kappa shape index (κ1) is 25.2. The standard InChI is InChI=1S/C26H30ClFN4O3S/c27-21-5-1-4-18(10-21)11-23-20(16-31-6-2-7-31)12-19-13-25(28)26(14-24(19)23)35-9-3-8-32-17-22(15-30-32)36(29,33)34/h1,4-5,10,13-15,17,20,23H,2-3,6-9,11-12,16H2,(H2,29,33,34). The minimum absolute atomic E-state index is 0.0355. The Balaban J connectivity index is 1.28. The van der Waals surface area contributed by atoms with Crippen molar-refractivity contribution in [2.24, 2.45) is 11.1 Å². The SMILES string of the molecule is NS(=O)(=O)c1cnn(CCCOc2cc3c(cc2F)CC(CN2CCC2)C3Cc2cccc(Cl)c2)c1. The van der Waals surface area contributed by atoms with Crippen LogP contribution >= 0.6 is 11.6 Å². The van der Waals surface area contributed by atoms with Crippen LogP contribution in [0, 0.1) is 11.7 Å². The average Bonchev–Trinajstić information content (AvgIpc) is 3.39. The van der Waals surface area contributed by atoms with Gasteiger partial charge in [-0.15, -0.1) is 0 Å². The van der Waals surface area contributed by atoms with Crippen molar-refractivity contribution < 1.29 is 17.5 Å². The molecule has 2 unspecified atom stereocenters. The molecule has 1 aliphatic heterocycles. The fraction of sp³-hybridized carbons (Fsp3) is 0.423. The zero-order valence-electron chi connectivity index (χ0n) is 19.9. The van der Waals surface area contributed by atoms with Gasteiger partial charge in [-0.05, 0) is 85.1 Å². The number of sulfonamides is 1. The molecule has 1 saturated heterocycles. The molecule has 0 spiro atoms. The number of aromatic nitrogens is 2. The lowest BCUT2D eigenvalue weighted by atomic mass is 9.86. The van der Waals surface area contributed by atoms with Crippen molar-refractivity contribution in [2.45, 2.75) is 43.0 Å². The number of primary sulfonamides is 1. The number of fused-ring (bicyclic) bond motifs is 1. The van der Waals surface area contributed by atoms with Gasteiger partial charge in [0.15, 0.2) is 11.6 Å². The molecule has 0 bridgehead atoms. The highest BCUT2D eigenvalue weighted by atomic mass is 35.5. The van der Waals surface area contributed by atoms with E-state index in [-0.39, 0.29) is 29.0 Å². The number of aryl methyl sites for hydroxylation is 1. The Morgan fingerprint density at radius 2 is 2.06 bits per heavy atom. The summed E-state index contributed by atoms with van der Waals surface area (Å²) in [5.41, 5.74) is 3.39.